The van der Waals surface area contributed by atoms with Crippen LogP contribution in [-0.2, 0) is 20.1 Å². The predicted octanol–water partition coefficient (Wildman–Crippen LogP) is 1.41. The van der Waals surface area contributed by atoms with Crippen LogP contribution in [0, 0.1) is 0 Å². The van der Waals surface area contributed by atoms with Gasteiger partial charge in [-0.05, 0) is 5.92 Å². The number of guanidine groups is 1. The molecule has 122 valence electrons. The van der Waals surface area contributed by atoms with Crippen LogP contribution in [0.5, 0.6) is 0 Å². The number of aliphatic imine (C=N–C) groups is 1. The molecular weight excluding hydrogens is 397 g/mol. The van der Waals surface area contributed by atoms with Crippen molar-refractivity contribution >= 4 is 29.9 Å². The van der Waals surface area contributed by atoms with Gasteiger partial charge in [-0.25, -0.2) is 4.98 Å². The summed E-state index contributed by atoms with van der Waals surface area (Å²) in [4.78, 5) is 8.29. The Bertz CT molecular complexity index is 605. The summed E-state index contributed by atoms with van der Waals surface area (Å²) in [5.41, 5.74) is 0.953. The summed E-state index contributed by atoms with van der Waals surface area (Å²) in [6.45, 7) is 5.23. The molecule has 0 saturated carbocycles. The van der Waals surface area contributed by atoms with Gasteiger partial charge in [-0.2, -0.15) is 5.10 Å². The van der Waals surface area contributed by atoms with E-state index in [0.29, 0.717) is 25.0 Å². The van der Waals surface area contributed by atoms with Gasteiger partial charge >= 0.3 is 0 Å². The van der Waals surface area contributed by atoms with E-state index in [2.05, 4.69) is 44.7 Å². The molecule has 0 bridgehead atoms. The van der Waals surface area contributed by atoms with Crippen molar-refractivity contribution in [1.82, 2.24) is 30.6 Å². The summed E-state index contributed by atoms with van der Waals surface area (Å²) in [7, 11) is 3.56. The summed E-state index contributed by atoms with van der Waals surface area (Å²) in [6.07, 6.45) is 1.52. The number of hydrogen-bond donors (Lipinski definition) is 2. The van der Waals surface area contributed by atoms with Crippen LogP contribution in [0.25, 0.3) is 0 Å². The molecule has 2 N–H and O–H groups in total. The van der Waals surface area contributed by atoms with E-state index in [9.17, 15) is 0 Å². The van der Waals surface area contributed by atoms with E-state index >= 15 is 0 Å². The van der Waals surface area contributed by atoms with Gasteiger partial charge in [0, 0.05) is 20.2 Å². The molecule has 0 aromatic carbocycles. The summed E-state index contributed by atoms with van der Waals surface area (Å²) >= 11 is 0. The van der Waals surface area contributed by atoms with Gasteiger partial charge in [0.1, 0.15) is 12.2 Å². The molecule has 9 heteroatoms. The minimum atomic E-state index is 0. The second-order valence-electron chi connectivity index (χ2n) is 4.95. The second kappa shape index (κ2) is 8.71. The van der Waals surface area contributed by atoms with Gasteiger partial charge in [0.05, 0.1) is 18.8 Å². The first kappa shape index (κ1) is 18.4. The molecule has 0 aliphatic carbocycles. The molecule has 0 spiro atoms. The van der Waals surface area contributed by atoms with Crippen molar-refractivity contribution in [3.8, 4) is 0 Å². The molecule has 0 unspecified atom stereocenters. The molecule has 0 amide bonds. The van der Waals surface area contributed by atoms with Gasteiger partial charge in [0.15, 0.2) is 11.7 Å². The van der Waals surface area contributed by atoms with Crippen molar-refractivity contribution in [2.45, 2.75) is 32.9 Å². The summed E-state index contributed by atoms with van der Waals surface area (Å²) in [5, 5.41) is 14.4. The maximum Gasteiger partial charge on any atom is 0.191 e. The van der Waals surface area contributed by atoms with Crippen LogP contribution in [0.15, 0.2) is 21.9 Å². The van der Waals surface area contributed by atoms with Gasteiger partial charge in [0.2, 0.25) is 0 Å². The molecule has 0 radical (unpaired) electrons. The van der Waals surface area contributed by atoms with Crippen LogP contribution >= 0.6 is 24.0 Å². The van der Waals surface area contributed by atoms with E-state index in [4.69, 9.17) is 4.52 Å². The molecular formula is C13H22IN7O. The minimum Gasteiger partial charge on any atom is -0.359 e. The Balaban J connectivity index is 0.00000242. The lowest BCUT2D eigenvalue weighted by Gasteiger charge is -2.09. The number of rotatable bonds is 5. The molecule has 8 nitrogen and oxygen atoms in total. The zero-order valence-electron chi connectivity index (χ0n) is 13.2. The minimum absolute atomic E-state index is 0. The van der Waals surface area contributed by atoms with Crippen LogP contribution < -0.4 is 10.6 Å². The highest BCUT2D eigenvalue weighted by Crippen LogP contribution is 2.13. The first-order valence-corrected chi connectivity index (χ1v) is 6.83. The molecule has 0 aliphatic heterocycles. The number of halogens is 1. The fourth-order valence-corrected chi connectivity index (χ4v) is 1.72. The topological polar surface area (TPSA) is 93.2 Å². The number of hydrogen-bond acceptors (Lipinski definition) is 5. The highest BCUT2D eigenvalue weighted by atomic mass is 127. The van der Waals surface area contributed by atoms with Crippen LogP contribution in [0.2, 0.25) is 0 Å². The van der Waals surface area contributed by atoms with Crippen molar-refractivity contribution in [3.05, 3.63) is 29.7 Å². The van der Waals surface area contributed by atoms with E-state index in [1.807, 2.05) is 13.1 Å². The van der Waals surface area contributed by atoms with Crippen LogP contribution in [0.1, 0.15) is 37.0 Å². The normalized spacial score (nSPS) is 11.4. The molecule has 2 rings (SSSR count). The predicted molar refractivity (Wildman–Crippen MR) is 94.0 cm³/mol. The highest BCUT2D eigenvalue weighted by molar-refractivity contribution is 14.0. The molecule has 22 heavy (non-hydrogen) atoms. The van der Waals surface area contributed by atoms with E-state index in [-0.39, 0.29) is 24.0 Å². The Labute approximate surface area is 146 Å². The Kier molecular flexibility index (Phi) is 7.28. The van der Waals surface area contributed by atoms with Crippen molar-refractivity contribution in [2.24, 2.45) is 12.0 Å². The maximum absolute atomic E-state index is 5.27. The molecule has 2 aromatic heterocycles. The molecule has 0 fully saturated rings. The third-order valence-electron chi connectivity index (χ3n) is 3.04. The Morgan fingerprint density at radius 2 is 2.09 bits per heavy atom. The summed E-state index contributed by atoms with van der Waals surface area (Å²) in [6, 6.07) is 1.95. The van der Waals surface area contributed by atoms with Gasteiger partial charge < -0.3 is 15.2 Å². The number of nitrogens with zero attached hydrogens (tertiary/aromatic N) is 5. The molecule has 0 saturated heterocycles. The lowest BCUT2D eigenvalue weighted by atomic mass is 10.1. The van der Waals surface area contributed by atoms with Gasteiger partial charge in [0.25, 0.3) is 0 Å². The lowest BCUT2D eigenvalue weighted by Crippen LogP contribution is -2.36. The molecule has 2 heterocycles. The summed E-state index contributed by atoms with van der Waals surface area (Å²) in [5.74, 6) is 2.64. The summed E-state index contributed by atoms with van der Waals surface area (Å²) < 4.78 is 6.98. The fraction of sp³-hybridized carbons (Fsp3) is 0.538. The SMILES string of the molecule is CN=C(NCc1cc(C(C)C)no1)NCc1ncnn1C.I. The quantitative estimate of drug-likeness (QED) is 0.433. The maximum atomic E-state index is 5.27. The highest BCUT2D eigenvalue weighted by Gasteiger charge is 2.08. The zero-order valence-corrected chi connectivity index (χ0v) is 15.5. The number of nitrogens with one attached hydrogen (secondary N) is 2. The molecule has 2 aromatic rings. The first-order chi connectivity index (χ1) is 10.1. The van der Waals surface area contributed by atoms with Crippen LogP contribution in [-0.4, -0.2) is 32.9 Å². The third-order valence-corrected chi connectivity index (χ3v) is 3.04. The Morgan fingerprint density at radius 1 is 1.36 bits per heavy atom. The van der Waals surface area contributed by atoms with Crippen LogP contribution in [0.4, 0.5) is 0 Å². The van der Waals surface area contributed by atoms with E-state index < -0.39 is 0 Å². The third kappa shape index (κ3) is 4.97. The smallest absolute Gasteiger partial charge is 0.191 e. The van der Waals surface area contributed by atoms with E-state index in [1.165, 1.54) is 6.33 Å². The van der Waals surface area contributed by atoms with Crippen molar-refractivity contribution in [2.75, 3.05) is 7.05 Å². The van der Waals surface area contributed by atoms with E-state index in [0.717, 1.165) is 17.3 Å². The van der Waals surface area contributed by atoms with Crippen molar-refractivity contribution in [3.63, 3.8) is 0 Å². The first-order valence-electron chi connectivity index (χ1n) is 6.83. The van der Waals surface area contributed by atoms with Gasteiger partial charge in [-0.3, -0.25) is 9.67 Å². The Hall–Kier alpha value is -1.65. The van der Waals surface area contributed by atoms with Gasteiger partial charge in [-0.15, -0.1) is 24.0 Å². The fourth-order valence-electron chi connectivity index (χ4n) is 1.72. The second-order valence-corrected chi connectivity index (χ2v) is 4.95. The van der Waals surface area contributed by atoms with Gasteiger partial charge in [-0.1, -0.05) is 19.0 Å². The standard InChI is InChI=1S/C13H21N7O.HI/c1-9(2)11-5-10(21-19-11)6-15-13(14-3)16-7-12-17-8-18-20(12)4;/h5,8-9H,6-7H2,1-4H3,(H2,14,15,16);1H. The van der Waals surface area contributed by atoms with Crippen molar-refractivity contribution < 1.29 is 4.52 Å². The number of aromatic nitrogens is 4. The molecule has 0 aliphatic rings. The zero-order chi connectivity index (χ0) is 15.2. The van der Waals surface area contributed by atoms with Crippen LogP contribution in [0.3, 0.4) is 0 Å². The Morgan fingerprint density at radius 3 is 2.64 bits per heavy atom. The van der Waals surface area contributed by atoms with Crippen molar-refractivity contribution in [1.29, 1.82) is 0 Å². The largest absolute Gasteiger partial charge is 0.359 e. The average molecular weight is 419 g/mol. The number of aryl methyl sites for hydroxylation is 1. The lowest BCUT2D eigenvalue weighted by molar-refractivity contribution is 0.372. The molecule has 0 atom stereocenters. The monoisotopic (exact) mass is 419 g/mol. The van der Waals surface area contributed by atoms with E-state index in [1.54, 1.807) is 11.7 Å². The average Bonchev–Trinajstić information content (AvgIpc) is 3.08.